The molecule has 0 aromatic rings. The highest BCUT2D eigenvalue weighted by molar-refractivity contribution is 5.78. The molecule has 0 atom stereocenters. The number of carbonyl (C=O) groups excluding carboxylic acids is 1. The van der Waals surface area contributed by atoms with Crippen molar-refractivity contribution in [3.8, 4) is 0 Å². The summed E-state index contributed by atoms with van der Waals surface area (Å²) >= 11 is 0. The molecule has 1 rings (SSSR count). The van der Waals surface area contributed by atoms with E-state index in [-0.39, 0.29) is 5.91 Å². The number of hydrogen-bond donors (Lipinski definition) is 1. The van der Waals surface area contributed by atoms with E-state index in [1.165, 1.54) is 6.20 Å². The smallest absolute Gasteiger partial charge is 0.238 e. The van der Waals surface area contributed by atoms with Crippen molar-refractivity contribution >= 4 is 5.91 Å². The van der Waals surface area contributed by atoms with Gasteiger partial charge in [-0.1, -0.05) is 6.58 Å². The number of amides is 1. The Morgan fingerprint density at radius 2 is 2.00 bits per heavy atom. The van der Waals surface area contributed by atoms with Crippen LogP contribution in [0.15, 0.2) is 12.8 Å². The highest BCUT2D eigenvalue weighted by atomic mass is 16.5. The lowest BCUT2D eigenvalue weighted by Gasteiger charge is -2.33. The average Bonchev–Trinajstić information content (AvgIpc) is 2.28. The number of carbonyl (C=O) groups is 1. The fourth-order valence-electron chi connectivity index (χ4n) is 1.75. The Balaban J connectivity index is 2.16. The molecule has 1 amide bonds. The standard InChI is InChI=1S/C11H21N3O2/c1-3-12-11(15)10-14-6-4-13(5-7-14)8-9-16-2/h3H,1,4-10H2,2H3,(H,12,15). The molecule has 16 heavy (non-hydrogen) atoms. The highest BCUT2D eigenvalue weighted by Crippen LogP contribution is 2.00. The van der Waals surface area contributed by atoms with Gasteiger partial charge in [0.1, 0.15) is 0 Å². The van der Waals surface area contributed by atoms with Gasteiger partial charge in [-0.3, -0.25) is 14.6 Å². The van der Waals surface area contributed by atoms with Gasteiger partial charge in [-0.15, -0.1) is 0 Å². The Hall–Kier alpha value is -0.910. The molecular formula is C11H21N3O2. The lowest BCUT2D eigenvalue weighted by molar-refractivity contribution is -0.121. The number of methoxy groups -OCH3 is 1. The van der Waals surface area contributed by atoms with Gasteiger partial charge in [0.15, 0.2) is 0 Å². The molecule has 0 aromatic heterocycles. The Morgan fingerprint density at radius 3 is 2.56 bits per heavy atom. The van der Waals surface area contributed by atoms with Crippen LogP contribution >= 0.6 is 0 Å². The van der Waals surface area contributed by atoms with Gasteiger partial charge in [0.2, 0.25) is 5.91 Å². The minimum absolute atomic E-state index is 0.0142. The van der Waals surface area contributed by atoms with Crippen molar-refractivity contribution in [1.82, 2.24) is 15.1 Å². The van der Waals surface area contributed by atoms with Gasteiger partial charge in [0.05, 0.1) is 13.2 Å². The van der Waals surface area contributed by atoms with Crippen molar-refractivity contribution in [2.75, 3.05) is 53.0 Å². The second-order valence-corrected chi connectivity index (χ2v) is 3.88. The molecule has 5 nitrogen and oxygen atoms in total. The molecule has 92 valence electrons. The summed E-state index contributed by atoms with van der Waals surface area (Å²) in [5, 5.41) is 2.59. The molecule has 5 heteroatoms. The van der Waals surface area contributed by atoms with E-state index in [1.54, 1.807) is 7.11 Å². The summed E-state index contributed by atoms with van der Waals surface area (Å²) in [5.74, 6) is 0.0142. The Bertz CT molecular complexity index is 225. The second kappa shape index (κ2) is 7.38. The Labute approximate surface area is 97.0 Å². The molecule has 0 aliphatic carbocycles. The molecule has 0 spiro atoms. The molecule has 0 bridgehead atoms. The van der Waals surface area contributed by atoms with Crippen LogP contribution in [-0.2, 0) is 9.53 Å². The zero-order valence-corrected chi connectivity index (χ0v) is 9.95. The van der Waals surface area contributed by atoms with E-state index < -0.39 is 0 Å². The van der Waals surface area contributed by atoms with Crippen molar-refractivity contribution in [2.24, 2.45) is 0 Å². The van der Waals surface area contributed by atoms with Crippen molar-refractivity contribution in [3.63, 3.8) is 0 Å². The van der Waals surface area contributed by atoms with Crippen molar-refractivity contribution in [2.45, 2.75) is 0 Å². The molecular weight excluding hydrogens is 206 g/mol. The van der Waals surface area contributed by atoms with E-state index in [4.69, 9.17) is 4.74 Å². The van der Waals surface area contributed by atoms with Crippen molar-refractivity contribution in [1.29, 1.82) is 0 Å². The first-order valence-corrected chi connectivity index (χ1v) is 5.60. The van der Waals surface area contributed by atoms with E-state index in [2.05, 4.69) is 21.7 Å². The molecule has 1 aliphatic heterocycles. The van der Waals surface area contributed by atoms with Crippen LogP contribution in [0.2, 0.25) is 0 Å². The fourth-order valence-corrected chi connectivity index (χ4v) is 1.75. The highest BCUT2D eigenvalue weighted by Gasteiger charge is 2.17. The Morgan fingerprint density at radius 1 is 1.38 bits per heavy atom. The molecule has 0 unspecified atom stereocenters. The summed E-state index contributed by atoms with van der Waals surface area (Å²) in [7, 11) is 1.72. The van der Waals surface area contributed by atoms with Crippen LogP contribution in [0.3, 0.4) is 0 Å². The maximum absolute atomic E-state index is 11.3. The monoisotopic (exact) mass is 227 g/mol. The molecule has 0 aromatic carbocycles. The van der Waals surface area contributed by atoms with Crippen LogP contribution in [-0.4, -0.2) is 68.7 Å². The quantitative estimate of drug-likeness (QED) is 0.665. The van der Waals surface area contributed by atoms with Gasteiger partial charge >= 0.3 is 0 Å². The topological polar surface area (TPSA) is 44.8 Å². The number of nitrogens with one attached hydrogen (secondary N) is 1. The van der Waals surface area contributed by atoms with Gasteiger partial charge in [-0.25, -0.2) is 0 Å². The molecule has 0 saturated carbocycles. The largest absolute Gasteiger partial charge is 0.383 e. The van der Waals surface area contributed by atoms with Gasteiger partial charge < -0.3 is 10.1 Å². The minimum atomic E-state index is 0.0142. The SMILES string of the molecule is C=CNC(=O)CN1CCN(CCOC)CC1. The minimum Gasteiger partial charge on any atom is -0.383 e. The van der Waals surface area contributed by atoms with Crippen LogP contribution in [0, 0.1) is 0 Å². The summed E-state index contributed by atoms with van der Waals surface area (Å²) in [4.78, 5) is 15.8. The third kappa shape index (κ3) is 4.74. The molecule has 1 heterocycles. The maximum atomic E-state index is 11.3. The zero-order valence-electron chi connectivity index (χ0n) is 9.95. The molecule has 0 radical (unpaired) electrons. The number of ether oxygens (including phenoxy) is 1. The summed E-state index contributed by atoms with van der Waals surface area (Å²) in [6.07, 6.45) is 1.43. The first kappa shape index (κ1) is 13.2. The van der Waals surface area contributed by atoms with E-state index in [1.807, 2.05) is 0 Å². The number of rotatable bonds is 6. The van der Waals surface area contributed by atoms with Crippen LogP contribution in [0.5, 0.6) is 0 Å². The molecule has 1 fully saturated rings. The number of nitrogens with zero attached hydrogens (tertiary/aromatic N) is 2. The predicted molar refractivity (Wildman–Crippen MR) is 63.1 cm³/mol. The Kier molecular flexibility index (Phi) is 6.07. The second-order valence-electron chi connectivity index (χ2n) is 3.88. The van der Waals surface area contributed by atoms with Gasteiger partial charge in [-0.2, -0.15) is 0 Å². The third-order valence-corrected chi connectivity index (χ3v) is 2.71. The van der Waals surface area contributed by atoms with Gasteiger partial charge in [-0.05, 0) is 6.20 Å². The predicted octanol–water partition coefficient (Wildman–Crippen LogP) is -0.490. The lowest BCUT2D eigenvalue weighted by atomic mass is 10.3. The van der Waals surface area contributed by atoms with E-state index in [0.717, 1.165) is 39.3 Å². The number of hydrogen-bond acceptors (Lipinski definition) is 4. The third-order valence-electron chi connectivity index (χ3n) is 2.71. The summed E-state index contributed by atoms with van der Waals surface area (Å²) in [6.45, 7) is 9.57. The summed E-state index contributed by atoms with van der Waals surface area (Å²) < 4.78 is 5.04. The van der Waals surface area contributed by atoms with E-state index in [9.17, 15) is 4.79 Å². The summed E-state index contributed by atoms with van der Waals surface area (Å²) in [5.41, 5.74) is 0. The number of piperazine rings is 1. The molecule has 1 N–H and O–H groups in total. The van der Waals surface area contributed by atoms with Gasteiger partial charge in [0, 0.05) is 39.8 Å². The van der Waals surface area contributed by atoms with E-state index in [0.29, 0.717) is 6.54 Å². The first-order chi connectivity index (χ1) is 7.76. The van der Waals surface area contributed by atoms with E-state index >= 15 is 0 Å². The van der Waals surface area contributed by atoms with Crippen LogP contribution in [0.25, 0.3) is 0 Å². The normalized spacial score (nSPS) is 18.3. The van der Waals surface area contributed by atoms with Crippen LogP contribution < -0.4 is 5.32 Å². The lowest BCUT2D eigenvalue weighted by Crippen LogP contribution is -2.49. The zero-order chi connectivity index (χ0) is 11.8. The average molecular weight is 227 g/mol. The maximum Gasteiger partial charge on any atom is 0.238 e. The first-order valence-electron chi connectivity index (χ1n) is 5.60. The molecule has 1 saturated heterocycles. The van der Waals surface area contributed by atoms with Gasteiger partial charge in [0.25, 0.3) is 0 Å². The van der Waals surface area contributed by atoms with Crippen molar-refractivity contribution in [3.05, 3.63) is 12.8 Å². The summed E-state index contributed by atoms with van der Waals surface area (Å²) in [6, 6.07) is 0. The molecule has 1 aliphatic rings. The fraction of sp³-hybridized carbons (Fsp3) is 0.727. The van der Waals surface area contributed by atoms with Crippen molar-refractivity contribution < 1.29 is 9.53 Å². The van der Waals surface area contributed by atoms with Crippen LogP contribution in [0.1, 0.15) is 0 Å². The van der Waals surface area contributed by atoms with Crippen LogP contribution in [0.4, 0.5) is 0 Å².